The average Bonchev–Trinajstić information content (AvgIpc) is 2.27. The molecule has 4 heteroatoms. The molecule has 0 saturated carbocycles. The lowest BCUT2D eigenvalue weighted by molar-refractivity contribution is 0.0320. The molecule has 80 valence electrons. The topological polar surface area (TPSA) is 62.5 Å². The number of rotatable bonds is 6. The molecular formula is C11H13NO3. The highest BCUT2D eigenvalue weighted by molar-refractivity contribution is 5.33. The Morgan fingerprint density at radius 1 is 1.33 bits per heavy atom. The molecule has 1 aromatic rings. The first kappa shape index (κ1) is 11.5. The average molecular weight is 207 g/mol. The van der Waals surface area contributed by atoms with Crippen molar-refractivity contribution < 1.29 is 14.6 Å². The number of nitriles is 1. The van der Waals surface area contributed by atoms with Gasteiger partial charge >= 0.3 is 0 Å². The molecule has 1 rings (SSSR count). The summed E-state index contributed by atoms with van der Waals surface area (Å²) in [6.07, 6.45) is 0.550. The molecule has 0 amide bonds. The van der Waals surface area contributed by atoms with Crippen molar-refractivity contribution in [2.75, 3.05) is 20.0 Å². The summed E-state index contributed by atoms with van der Waals surface area (Å²) in [5.41, 5.74) is 0.931. The van der Waals surface area contributed by atoms with Crippen molar-refractivity contribution in [3.8, 4) is 11.8 Å². The molecule has 0 bridgehead atoms. The molecule has 0 unspecified atom stereocenters. The summed E-state index contributed by atoms with van der Waals surface area (Å²) >= 11 is 0. The van der Waals surface area contributed by atoms with Crippen LogP contribution < -0.4 is 4.74 Å². The van der Waals surface area contributed by atoms with E-state index < -0.39 is 0 Å². The Labute approximate surface area is 88.7 Å². The van der Waals surface area contributed by atoms with Gasteiger partial charge in [-0.1, -0.05) is 18.2 Å². The fraction of sp³-hybridized carbons (Fsp3) is 0.364. The summed E-state index contributed by atoms with van der Waals surface area (Å²) in [5, 5.41) is 17.1. The van der Waals surface area contributed by atoms with Crippen LogP contribution in [0, 0.1) is 11.3 Å². The van der Waals surface area contributed by atoms with Gasteiger partial charge in [0, 0.05) is 6.61 Å². The van der Waals surface area contributed by atoms with Crippen LogP contribution in [0.15, 0.2) is 24.3 Å². The summed E-state index contributed by atoms with van der Waals surface area (Å²) in [5.74, 6) is 0.685. The zero-order valence-electron chi connectivity index (χ0n) is 8.35. The molecule has 0 aromatic heterocycles. The van der Waals surface area contributed by atoms with Crippen molar-refractivity contribution in [1.82, 2.24) is 0 Å². The second-order valence-electron chi connectivity index (χ2n) is 2.85. The van der Waals surface area contributed by atoms with Gasteiger partial charge < -0.3 is 14.6 Å². The molecule has 1 aromatic carbocycles. The van der Waals surface area contributed by atoms with Gasteiger partial charge in [0.05, 0.1) is 6.07 Å². The van der Waals surface area contributed by atoms with Crippen molar-refractivity contribution >= 4 is 0 Å². The van der Waals surface area contributed by atoms with E-state index in [2.05, 4.69) is 0 Å². The molecule has 0 radical (unpaired) electrons. The quantitative estimate of drug-likeness (QED) is 0.560. The summed E-state index contributed by atoms with van der Waals surface area (Å²) in [6.45, 7) is 0.150. The predicted octanol–water partition coefficient (Wildman–Crippen LogP) is 1.10. The standard InChI is InChI=1S/C11H13NO3/c12-6-8-14-9-15-11-4-2-1-3-10(11)5-7-13/h1-4,13H,5,7-9H2. The molecular weight excluding hydrogens is 194 g/mol. The van der Waals surface area contributed by atoms with Gasteiger partial charge in [-0.25, -0.2) is 0 Å². The van der Waals surface area contributed by atoms with E-state index in [1.165, 1.54) is 0 Å². The van der Waals surface area contributed by atoms with E-state index in [1.807, 2.05) is 24.3 Å². The van der Waals surface area contributed by atoms with Crippen LogP contribution in [0.25, 0.3) is 0 Å². The van der Waals surface area contributed by atoms with E-state index in [-0.39, 0.29) is 20.0 Å². The lowest BCUT2D eigenvalue weighted by Crippen LogP contribution is -2.05. The minimum Gasteiger partial charge on any atom is -0.467 e. The number of aliphatic hydroxyl groups is 1. The number of ether oxygens (including phenoxy) is 2. The molecule has 0 aliphatic carbocycles. The maximum absolute atomic E-state index is 8.82. The first-order chi connectivity index (χ1) is 7.38. The first-order valence-corrected chi connectivity index (χ1v) is 4.64. The van der Waals surface area contributed by atoms with Crippen molar-refractivity contribution in [2.45, 2.75) is 6.42 Å². The minimum absolute atomic E-state index is 0.0160. The lowest BCUT2D eigenvalue weighted by atomic mass is 10.1. The Morgan fingerprint density at radius 2 is 2.13 bits per heavy atom. The molecule has 0 atom stereocenters. The van der Waals surface area contributed by atoms with Gasteiger partial charge in [-0.15, -0.1) is 0 Å². The largest absolute Gasteiger partial charge is 0.467 e. The SMILES string of the molecule is N#CCOCOc1ccccc1CCO. The molecule has 0 aliphatic rings. The van der Waals surface area contributed by atoms with Crippen LogP contribution in [0.5, 0.6) is 5.75 Å². The molecule has 15 heavy (non-hydrogen) atoms. The molecule has 0 heterocycles. The Kier molecular flexibility index (Phi) is 5.23. The summed E-state index contributed by atoms with van der Waals surface area (Å²) < 4.78 is 10.2. The van der Waals surface area contributed by atoms with Gasteiger partial charge in [-0.05, 0) is 18.1 Å². The smallest absolute Gasteiger partial charge is 0.190 e. The lowest BCUT2D eigenvalue weighted by Gasteiger charge is -2.09. The second kappa shape index (κ2) is 6.82. The Bertz CT molecular complexity index is 333. The van der Waals surface area contributed by atoms with Crippen LogP contribution >= 0.6 is 0 Å². The van der Waals surface area contributed by atoms with Crippen LogP contribution in [0.1, 0.15) is 5.56 Å². The zero-order valence-corrected chi connectivity index (χ0v) is 8.35. The highest BCUT2D eigenvalue weighted by atomic mass is 16.7. The molecule has 0 fully saturated rings. The van der Waals surface area contributed by atoms with Gasteiger partial charge in [-0.3, -0.25) is 0 Å². The van der Waals surface area contributed by atoms with E-state index in [1.54, 1.807) is 6.07 Å². The van der Waals surface area contributed by atoms with Crippen molar-refractivity contribution in [3.05, 3.63) is 29.8 Å². The third-order valence-corrected chi connectivity index (χ3v) is 1.82. The maximum atomic E-state index is 8.82. The second-order valence-corrected chi connectivity index (χ2v) is 2.85. The minimum atomic E-state index is 0.0160. The van der Waals surface area contributed by atoms with E-state index in [4.69, 9.17) is 19.8 Å². The van der Waals surface area contributed by atoms with Gasteiger partial charge in [0.2, 0.25) is 0 Å². The van der Waals surface area contributed by atoms with Crippen LogP contribution in [0.4, 0.5) is 0 Å². The van der Waals surface area contributed by atoms with Crippen LogP contribution in [0.3, 0.4) is 0 Å². The third-order valence-electron chi connectivity index (χ3n) is 1.82. The molecule has 0 saturated heterocycles. The van der Waals surface area contributed by atoms with Gasteiger partial charge in [0.1, 0.15) is 12.4 Å². The van der Waals surface area contributed by atoms with Crippen molar-refractivity contribution in [1.29, 1.82) is 5.26 Å². The number of para-hydroxylation sites is 1. The molecule has 4 nitrogen and oxygen atoms in total. The fourth-order valence-electron chi connectivity index (χ4n) is 1.16. The highest BCUT2D eigenvalue weighted by Gasteiger charge is 2.01. The third kappa shape index (κ3) is 3.98. The van der Waals surface area contributed by atoms with Crippen molar-refractivity contribution in [3.63, 3.8) is 0 Å². The first-order valence-electron chi connectivity index (χ1n) is 4.64. The predicted molar refractivity (Wildman–Crippen MR) is 54.3 cm³/mol. The number of aliphatic hydroxyl groups excluding tert-OH is 1. The van der Waals surface area contributed by atoms with E-state index in [0.29, 0.717) is 12.2 Å². The molecule has 0 spiro atoms. The van der Waals surface area contributed by atoms with E-state index in [9.17, 15) is 0 Å². The normalized spacial score (nSPS) is 9.60. The Balaban J connectivity index is 2.48. The summed E-state index contributed by atoms with van der Waals surface area (Å²) in [4.78, 5) is 0. The zero-order chi connectivity index (χ0) is 10.9. The van der Waals surface area contributed by atoms with Gasteiger partial charge in [0.25, 0.3) is 0 Å². The van der Waals surface area contributed by atoms with Crippen molar-refractivity contribution in [2.24, 2.45) is 0 Å². The Hall–Kier alpha value is -1.57. The van der Waals surface area contributed by atoms with E-state index in [0.717, 1.165) is 5.56 Å². The fourth-order valence-corrected chi connectivity index (χ4v) is 1.16. The highest BCUT2D eigenvalue weighted by Crippen LogP contribution is 2.17. The van der Waals surface area contributed by atoms with Gasteiger partial charge in [-0.2, -0.15) is 5.26 Å². The number of hydrogen-bond donors (Lipinski definition) is 1. The monoisotopic (exact) mass is 207 g/mol. The van der Waals surface area contributed by atoms with E-state index >= 15 is 0 Å². The Morgan fingerprint density at radius 3 is 2.87 bits per heavy atom. The van der Waals surface area contributed by atoms with Gasteiger partial charge in [0.15, 0.2) is 6.79 Å². The summed E-state index contributed by atoms with van der Waals surface area (Å²) in [6, 6.07) is 9.27. The molecule has 0 aliphatic heterocycles. The number of nitrogens with zero attached hydrogens (tertiary/aromatic N) is 1. The summed E-state index contributed by atoms with van der Waals surface area (Å²) in [7, 11) is 0. The van der Waals surface area contributed by atoms with Crippen LogP contribution in [-0.2, 0) is 11.2 Å². The number of benzene rings is 1. The molecule has 1 N–H and O–H groups in total. The maximum Gasteiger partial charge on any atom is 0.190 e. The van der Waals surface area contributed by atoms with Crippen LogP contribution in [-0.4, -0.2) is 25.1 Å². The number of hydrogen-bond acceptors (Lipinski definition) is 4. The van der Waals surface area contributed by atoms with Crippen LogP contribution in [0.2, 0.25) is 0 Å².